The van der Waals surface area contributed by atoms with E-state index >= 15 is 0 Å². The van der Waals surface area contributed by atoms with Gasteiger partial charge in [-0.05, 0) is 0 Å². The summed E-state index contributed by atoms with van der Waals surface area (Å²) in [6, 6.07) is 0. The van der Waals surface area contributed by atoms with Gasteiger partial charge in [-0.1, -0.05) is 0 Å². The normalized spacial score (nSPS) is 1.75. The Balaban J connectivity index is 0. The van der Waals surface area contributed by atoms with Gasteiger partial charge in [-0.2, -0.15) is 0 Å². The topological polar surface area (TPSA) is 34.1 Å². The Morgan fingerprint density at radius 2 is 1.25 bits per heavy atom. The molecule has 4 heavy (non-hydrogen) atoms. The predicted octanol–water partition coefficient (Wildman–Crippen LogP) is -0.243. The average molecular weight is 175 g/mol. The van der Waals surface area contributed by atoms with Crippen LogP contribution in [0.2, 0.25) is 0 Å². The van der Waals surface area contributed by atoms with Gasteiger partial charge in [-0.3, -0.25) is 0 Å². The van der Waals surface area contributed by atoms with E-state index in [1.165, 1.54) is 16.2 Å². The fraction of sp³-hybridized carbons (Fsp3) is 0. The molecule has 0 atom stereocenters. The molecule has 0 aromatic rings. The van der Waals surface area contributed by atoms with E-state index in [0.29, 0.717) is 24.7 Å². The molecule has 0 unspecified atom stereocenters. The minimum atomic E-state index is 0.300. The molecule has 0 rings (SSSR count). The fourth-order valence-corrected chi connectivity index (χ4v) is 0. The summed E-state index contributed by atoms with van der Waals surface area (Å²) < 4.78 is 16.5. The number of rotatable bonds is 0. The second-order valence-electron chi connectivity index (χ2n) is 0. The monoisotopic (exact) mass is 174 g/mol. The van der Waals surface area contributed by atoms with E-state index in [1.807, 2.05) is 0 Å². The number of hydrogen-bond acceptors (Lipinski definition) is 2. The van der Waals surface area contributed by atoms with Crippen LogP contribution in [-0.2, 0) is 47.6 Å². The zero-order valence-corrected chi connectivity index (χ0v) is 5.46. The maximum absolute atomic E-state index is 8.34. The molecule has 0 aliphatic carbocycles. The van der Waals surface area contributed by atoms with Crippen molar-refractivity contribution in [3.8, 4) is 0 Å². The number of hydrogen-bond donors (Lipinski definition) is 0. The summed E-state index contributed by atoms with van der Waals surface area (Å²) in [7, 11) is 0. The third kappa shape index (κ3) is 11.9. The van der Waals surface area contributed by atoms with Gasteiger partial charge in [0.25, 0.3) is 0 Å². The quantitative estimate of drug-likeness (QED) is 0.509. The van der Waals surface area contributed by atoms with Crippen molar-refractivity contribution < 1.29 is 47.6 Å². The van der Waals surface area contributed by atoms with Gasteiger partial charge < -0.3 is 0 Å². The zero-order chi connectivity index (χ0) is 4.00. The average Bonchev–Trinajstić information content (AvgIpc) is 1.50. The SMILES string of the molecule is [O]=[Cr].[O]=[Zr]. The van der Waals surface area contributed by atoms with E-state index in [4.69, 9.17) is 6.62 Å². The Bertz CT molecular complexity index is 8.00. The van der Waals surface area contributed by atoms with Crippen LogP contribution in [0.3, 0.4) is 0 Å². The molecular weight excluding hydrogens is 175 g/mol. The van der Waals surface area contributed by atoms with Crippen molar-refractivity contribution >= 4 is 0 Å². The molecule has 0 heterocycles. The zero-order valence-electron chi connectivity index (χ0n) is 1.72. The van der Waals surface area contributed by atoms with Gasteiger partial charge in [0, 0.05) is 0 Å². The van der Waals surface area contributed by atoms with E-state index in [1.54, 1.807) is 0 Å². The molecule has 0 aromatic carbocycles. The van der Waals surface area contributed by atoms with Crippen molar-refractivity contribution in [1.82, 2.24) is 0 Å². The van der Waals surface area contributed by atoms with Crippen LogP contribution in [0, 0.1) is 0 Å². The van der Waals surface area contributed by atoms with Crippen LogP contribution in [0.25, 0.3) is 0 Å². The first-order chi connectivity index (χ1) is 2.00. The Labute approximate surface area is 47.5 Å². The summed E-state index contributed by atoms with van der Waals surface area (Å²) in [6.07, 6.45) is 0. The van der Waals surface area contributed by atoms with Crippen LogP contribution in [0.4, 0.5) is 0 Å². The van der Waals surface area contributed by atoms with Crippen molar-refractivity contribution in [3.05, 3.63) is 0 Å². The molecule has 0 spiro atoms. The summed E-state index contributed by atoms with van der Waals surface area (Å²) in [6.45, 7) is 0. The van der Waals surface area contributed by atoms with Crippen LogP contribution in [0.1, 0.15) is 0 Å². The maximum atomic E-state index is 8.34. The van der Waals surface area contributed by atoms with Gasteiger partial charge in [0.1, 0.15) is 0 Å². The summed E-state index contributed by atoms with van der Waals surface area (Å²) in [5.41, 5.74) is 0. The summed E-state index contributed by atoms with van der Waals surface area (Å²) in [4.78, 5) is 0. The molecule has 0 saturated heterocycles. The molecule has 2 nitrogen and oxygen atoms in total. The van der Waals surface area contributed by atoms with E-state index in [2.05, 4.69) is 0 Å². The summed E-state index contributed by atoms with van der Waals surface area (Å²) in [5.74, 6) is 0. The Kier molecular flexibility index (Phi) is 78.7. The first-order valence-corrected chi connectivity index (χ1v) is 1.89. The van der Waals surface area contributed by atoms with Gasteiger partial charge in [0.15, 0.2) is 0 Å². The molecule has 0 aliphatic heterocycles. The molecule has 0 aliphatic rings. The van der Waals surface area contributed by atoms with E-state index in [-0.39, 0.29) is 0 Å². The van der Waals surface area contributed by atoms with E-state index < -0.39 is 0 Å². The van der Waals surface area contributed by atoms with Crippen LogP contribution >= 0.6 is 0 Å². The summed E-state index contributed by atoms with van der Waals surface area (Å²) >= 11 is 1.68. The van der Waals surface area contributed by atoms with E-state index in [9.17, 15) is 0 Å². The van der Waals surface area contributed by atoms with Gasteiger partial charge in [-0.25, -0.2) is 0 Å². The first kappa shape index (κ1) is 8.89. The van der Waals surface area contributed by atoms with Gasteiger partial charge in [-0.15, -0.1) is 0 Å². The Hall–Kier alpha value is 1.02. The van der Waals surface area contributed by atoms with Gasteiger partial charge in [0.05, 0.1) is 0 Å². The molecular formula is CrO2Zr. The second-order valence-corrected chi connectivity index (χ2v) is 0. The van der Waals surface area contributed by atoms with E-state index in [0.717, 1.165) is 0 Å². The van der Waals surface area contributed by atoms with Crippen LogP contribution in [-0.4, -0.2) is 0 Å². The second kappa shape index (κ2) is 35.4. The third-order valence-corrected chi connectivity index (χ3v) is 0. The van der Waals surface area contributed by atoms with Crippen LogP contribution in [0.5, 0.6) is 0 Å². The van der Waals surface area contributed by atoms with Crippen molar-refractivity contribution in [2.24, 2.45) is 0 Å². The van der Waals surface area contributed by atoms with Crippen LogP contribution in [0.15, 0.2) is 0 Å². The van der Waals surface area contributed by atoms with Gasteiger partial charge >= 0.3 is 47.6 Å². The summed E-state index contributed by atoms with van der Waals surface area (Å²) in [5, 5.41) is 0. The van der Waals surface area contributed by atoms with Crippen molar-refractivity contribution in [1.29, 1.82) is 0 Å². The Morgan fingerprint density at radius 3 is 1.25 bits per heavy atom. The van der Waals surface area contributed by atoms with Gasteiger partial charge in [0.2, 0.25) is 0 Å². The molecule has 0 bridgehead atoms. The van der Waals surface area contributed by atoms with Crippen LogP contribution < -0.4 is 0 Å². The molecule has 0 N–H and O–H groups in total. The van der Waals surface area contributed by atoms with Crippen molar-refractivity contribution in [3.63, 3.8) is 0 Å². The molecule has 0 radical (unpaired) electrons. The predicted molar refractivity (Wildman–Crippen MR) is 1.37 cm³/mol. The molecule has 0 fully saturated rings. The minimum absolute atomic E-state index is 0.300. The third-order valence-electron chi connectivity index (χ3n) is 0. The molecule has 0 saturated carbocycles. The fourth-order valence-electron chi connectivity index (χ4n) is 0. The van der Waals surface area contributed by atoms with Crippen molar-refractivity contribution in [2.45, 2.75) is 0 Å². The molecule has 0 aromatic heterocycles. The Morgan fingerprint density at radius 1 is 1.25 bits per heavy atom. The molecule has 22 valence electrons. The molecule has 0 amide bonds. The first-order valence-electron chi connectivity index (χ1n) is 0.371. The van der Waals surface area contributed by atoms with Crippen molar-refractivity contribution in [2.75, 3.05) is 0 Å². The molecule has 4 heteroatoms. The standard InChI is InChI=1S/Cr.2O.Zr.